The molecule has 1 N–H and O–H groups in total. The molecular weight excluding hydrogens is 320 g/mol. The second-order valence-electron chi connectivity index (χ2n) is 8.67. The first-order valence-electron chi connectivity index (χ1n) is 10.9. The van der Waals surface area contributed by atoms with E-state index in [1.54, 1.807) is 6.07 Å². The molecule has 0 aliphatic rings. The molecule has 2 heteroatoms. The van der Waals surface area contributed by atoms with Gasteiger partial charge in [-0.2, -0.15) is 0 Å². The predicted octanol–water partition coefficient (Wildman–Crippen LogP) is 7.77. The largest absolute Gasteiger partial charge is 0.508 e. The van der Waals surface area contributed by atoms with Crippen molar-refractivity contribution in [2.24, 2.45) is 0 Å². The Morgan fingerprint density at radius 3 is 1.77 bits per heavy atom. The van der Waals surface area contributed by atoms with Gasteiger partial charge < -0.3 is 9.84 Å². The Bertz CT molecular complexity index is 474. The molecule has 150 valence electrons. The van der Waals surface area contributed by atoms with Crippen molar-refractivity contribution in [3.05, 3.63) is 23.8 Å². The molecule has 0 bridgehead atoms. The molecule has 0 aliphatic carbocycles. The van der Waals surface area contributed by atoms with Crippen LogP contribution in [0.4, 0.5) is 0 Å². The second-order valence-corrected chi connectivity index (χ2v) is 8.67. The van der Waals surface area contributed by atoms with E-state index in [2.05, 4.69) is 27.7 Å². The minimum absolute atomic E-state index is 0.0700. The van der Waals surface area contributed by atoms with E-state index in [0.717, 1.165) is 24.3 Å². The third-order valence-corrected chi connectivity index (χ3v) is 5.04. The van der Waals surface area contributed by atoms with Crippen molar-refractivity contribution >= 4 is 0 Å². The average Bonchev–Trinajstić information content (AvgIpc) is 2.59. The first-order valence-corrected chi connectivity index (χ1v) is 10.9. The highest BCUT2D eigenvalue weighted by atomic mass is 16.5. The molecule has 0 unspecified atom stereocenters. The van der Waals surface area contributed by atoms with Crippen LogP contribution in [0.3, 0.4) is 0 Å². The Kier molecular flexibility index (Phi) is 11.5. The fraction of sp³-hybridized carbons (Fsp3) is 0.750. The monoisotopic (exact) mass is 362 g/mol. The van der Waals surface area contributed by atoms with Crippen molar-refractivity contribution in [3.63, 3.8) is 0 Å². The number of hydrogen-bond acceptors (Lipinski definition) is 2. The maximum absolute atomic E-state index is 10.00. The summed E-state index contributed by atoms with van der Waals surface area (Å²) >= 11 is 0. The molecule has 26 heavy (non-hydrogen) atoms. The number of benzene rings is 1. The zero-order chi connectivity index (χ0) is 19.3. The summed E-state index contributed by atoms with van der Waals surface area (Å²) in [6.45, 7) is 9.37. The van der Waals surface area contributed by atoms with E-state index < -0.39 is 0 Å². The number of ether oxygens (including phenoxy) is 1. The normalized spacial score (nSPS) is 11.7. The highest BCUT2D eigenvalue weighted by Crippen LogP contribution is 2.33. The van der Waals surface area contributed by atoms with Crippen LogP contribution < -0.4 is 4.74 Å². The van der Waals surface area contributed by atoms with Crippen LogP contribution in [0.15, 0.2) is 18.2 Å². The van der Waals surface area contributed by atoms with Gasteiger partial charge in [0.05, 0.1) is 6.61 Å². The van der Waals surface area contributed by atoms with Crippen LogP contribution in [0.2, 0.25) is 0 Å². The van der Waals surface area contributed by atoms with Crippen LogP contribution in [-0.4, -0.2) is 11.7 Å². The van der Waals surface area contributed by atoms with Crippen molar-refractivity contribution in [2.45, 2.75) is 110 Å². The van der Waals surface area contributed by atoms with Crippen LogP contribution in [0.25, 0.3) is 0 Å². The number of phenolic OH excluding ortho intramolecular Hbond substituents is 1. The van der Waals surface area contributed by atoms with E-state index in [1.165, 1.54) is 70.6 Å². The quantitative estimate of drug-likeness (QED) is 0.342. The summed E-state index contributed by atoms with van der Waals surface area (Å²) in [5.74, 6) is 1.23. The van der Waals surface area contributed by atoms with Gasteiger partial charge in [-0.25, -0.2) is 0 Å². The molecule has 0 saturated carbocycles. The first-order chi connectivity index (χ1) is 12.4. The summed E-state index contributed by atoms with van der Waals surface area (Å²) in [7, 11) is 0. The maximum Gasteiger partial charge on any atom is 0.119 e. The lowest BCUT2D eigenvalue weighted by molar-refractivity contribution is 0.302. The first kappa shape index (κ1) is 22.9. The van der Waals surface area contributed by atoms with Gasteiger partial charge in [0.25, 0.3) is 0 Å². The average molecular weight is 363 g/mol. The van der Waals surface area contributed by atoms with Crippen LogP contribution in [0.5, 0.6) is 11.5 Å². The third-order valence-electron chi connectivity index (χ3n) is 5.04. The van der Waals surface area contributed by atoms with E-state index in [9.17, 15) is 5.11 Å². The predicted molar refractivity (Wildman–Crippen MR) is 113 cm³/mol. The highest BCUT2D eigenvalue weighted by Gasteiger charge is 2.18. The lowest BCUT2D eigenvalue weighted by Crippen LogP contribution is -2.11. The SMILES string of the molecule is CCCCCCCCCCCCCCOc1ccc(O)c(C(C)(C)C)c1. The van der Waals surface area contributed by atoms with Crippen LogP contribution in [0.1, 0.15) is 110 Å². The number of aromatic hydroxyl groups is 1. The van der Waals surface area contributed by atoms with Crippen LogP contribution in [0, 0.1) is 0 Å². The molecule has 0 saturated heterocycles. The molecule has 2 nitrogen and oxygen atoms in total. The van der Waals surface area contributed by atoms with E-state index in [1.807, 2.05) is 12.1 Å². The van der Waals surface area contributed by atoms with Crippen molar-refractivity contribution in [1.82, 2.24) is 0 Å². The Morgan fingerprint density at radius 1 is 0.769 bits per heavy atom. The Morgan fingerprint density at radius 2 is 1.27 bits per heavy atom. The smallest absolute Gasteiger partial charge is 0.119 e. The summed E-state index contributed by atoms with van der Waals surface area (Å²) in [5, 5.41) is 10.00. The van der Waals surface area contributed by atoms with Gasteiger partial charge in [0, 0.05) is 5.56 Å². The summed E-state index contributed by atoms with van der Waals surface area (Å²) < 4.78 is 5.88. The van der Waals surface area contributed by atoms with Gasteiger partial charge in [-0.05, 0) is 30.0 Å². The summed E-state index contributed by atoms with van der Waals surface area (Å²) in [5.41, 5.74) is 0.879. The molecule has 1 rings (SSSR count). The summed E-state index contributed by atoms with van der Waals surface area (Å²) in [6, 6.07) is 5.60. The van der Waals surface area contributed by atoms with Gasteiger partial charge >= 0.3 is 0 Å². The molecule has 0 fully saturated rings. The molecule has 1 aromatic rings. The van der Waals surface area contributed by atoms with E-state index in [4.69, 9.17) is 4.74 Å². The molecule has 0 atom stereocenters. The number of rotatable bonds is 14. The molecule has 0 radical (unpaired) electrons. The molecule has 0 amide bonds. The van der Waals surface area contributed by atoms with Gasteiger partial charge in [-0.1, -0.05) is 98.3 Å². The minimum atomic E-state index is -0.0700. The van der Waals surface area contributed by atoms with Crippen molar-refractivity contribution in [1.29, 1.82) is 0 Å². The Labute approximate surface area is 162 Å². The molecule has 1 aromatic carbocycles. The van der Waals surface area contributed by atoms with Gasteiger partial charge in [0.2, 0.25) is 0 Å². The molecule has 0 heterocycles. The van der Waals surface area contributed by atoms with Crippen molar-refractivity contribution < 1.29 is 9.84 Å². The second kappa shape index (κ2) is 13.1. The number of hydrogen-bond donors (Lipinski definition) is 1. The summed E-state index contributed by atoms with van der Waals surface area (Å²) in [6.07, 6.45) is 16.3. The molecule has 0 aromatic heterocycles. The van der Waals surface area contributed by atoms with Crippen LogP contribution >= 0.6 is 0 Å². The van der Waals surface area contributed by atoms with Gasteiger partial charge in [-0.15, -0.1) is 0 Å². The summed E-state index contributed by atoms with van der Waals surface area (Å²) in [4.78, 5) is 0. The van der Waals surface area contributed by atoms with Crippen molar-refractivity contribution in [2.75, 3.05) is 6.61 Å². The van der Waals surface area contributed by atoms with E-state index in [0.29, 0.717) is 5.75 Å². The molecular formula is C24H42O2. The fourth-order valence-corrected chi connectivity index (χ4v) is 3.34. The lowest BCUT2D eigenvalue weighted by Gasteiger charge is -2.21. The zero-order valence-corrected chi connectivity index (χ0v) is 17.8. The van der Waals surface area contributed by atoms with Crippen molar-refractivity contribution in [3.8, 4) is 11.5 Å². The fourth-order valence-electron chi connectivity index (χ4n) is 3.34. The molecule has 0 aliphatic heterocycles. The highest BCUT2D eigenvalue weighted by molar-refractivity contribution is 5.43. The maximum atomic E-state index is 10.00. The number of unbranched alkanes of at least 4 members (excludes halogenated alkanes) is 11. The Hall–Kier alpha value is -1.18. The topological polar surface area (TPSA) is 29.5 Å². The molecule has 0 spiro atoms. The van der Waals surface area contributed by atoms with E-state index in [-0.39, 0.29) is 5.41 Å². The Balaban J connectivity index is 2.03. The zero-order valence-electron chi connectivity index (χ0n) is 17.8. The van der Waals surface area contributed by atoms with E-state index >= 15 is 0 Å². The van der Waals surface area contributed by atoms with Gasteiger partial charge in [0.1, 0.15) is 11.5 Å². The minimum Gasteiger partial charge on any atom is -0.508 e. The van der Waals surface area contributed by atoms with Gasteiger partial charge in [-0.3, -0.25) is 0 Å². The lowest BCUT2D eigenvalue weighted by atomic mass is 9.86. The standard InChI is InChI=1S/C24H42O2/c1-5-6-7-8-9-10-11-12-13-14-15-16-19-26-21-17-18-23(25)22(20-21)24(2,3)4/h17-18,20,25H,5-16,19H2,1-4H3. The number of phenols is 1. The third kappa shape index (κ3) is 10.1. The van der Waals surface area contributed by atoms with Gasteiger partial charge in [0.15, 0.2) is 0 Å². The van der Waals surface area contributed by atoms with Crippen LogP contribution in [-0.2, 0) is 5.41 Å².